The molecule has 0 heterocycles. The van der Waals surface area contributed by atoms with Crippen molar-refractivity contribution in [3.05, 3.63) is 82.5 Å². The third-order valence-corrected chi connectivity index (χ3v) is 5.50. The molecule has 0 aliphatic heterocycles. The van der Waals surface area contributed by atoms with Crippen LogP contribution in [0.3, 0.4) is 0 Å². The second kappa shape index (κ2) is 21.6. The molecule has 2 rings (SSSR count). The molecule has 0 aliphatic carbocycles. The van der Waals surface area contributed by atoms with Crippen LogP contribution in [0, 0.1) is 13.1 Å². The number of imide groups is 2. The summed E-state index contributed by atoms with van der Waals surface area (Å²) >= 11 is 3.33. The second-order valence-electron chi connectivity index (χ2n) is 14.4. The minimum atomic E-state index is -0.809. The van der Waals surface area contributed by atoms with Crippen molar-refractivity contribution >= 4 is 51.7 Å². The molecular weight excluding hydrogens is 719 g/mol. The fraction of sp³-hybridized carbons (Fsp3) is 0.500. The number of amides is 4. The standard InChI is InChI=1S/C18H24N2O4.C10H19NO4.C8H6BrN.Na.H/c1-17(2,3)23-15(21)20(16(22)24-18(4,5)6)12-13-8-10-14(19-7)11-9-13;1-9(2,3)14-7(12)11-8(13)15-10(4,5)6;1-10-8-4-2-7(6-9)3-5-8;;/h8-11H,12H2,1-6H3;1-6H3,(H,11,12,13);2-5H,6H2;;/q;;;+1;-1. The smallest absolute Gasteiger partial charge is 1.00 e. The molecule has 0 radical (unpaired) electrons. The van der Waals surface area contributed by atoms with Crippen molar-refractivity contribution < 1.29 is 69.1 Å². The number of alkyl halides is 1. The number of nitrogens with one attached hydrogen (secondary N) is 1. The Morgan fingerprint density at radius 3 is 1.18 bits per heavy atom. The topological polar surface area (TPSA) is 129 Å². The quantitative estimate of drug-likeness (QED) is 0.146. The summed E-state index contributed by atoms with van der Waals surface area (Å²) in [5.41, 5.74) is 0.352. The summed E-state index contributed by atoms with van der Waals surface area (Å²) in [5.74, 6) is 0. The zero-order valence-electron chi connectivity index (χ0n) is 32.5. The first-order valence-electron chi connectivity index (χ1n) is 15.2. The fourth-order valence-electron chi connectivity index (χ4n) is 3.05. The van der Waals surface area contributed by atoms with Gasteiger partial charge < -0.3 is 20.4 Å². The van der Waals surface area contributed by atoms with Gasteiger partial charge in [0.1, 0.15) is 22.4 Å². The van der Waals surface area contributed by atoms with Gasteiger partial charge in [-0.3, -0.25) is 0 Å². The third kappa shape index (κ3) is 24.5. The Kier molecular flexibility index (Phi) is 20.9. The van der Waals surface area contributed by atoms with E-state index < -0.39 is 46.8 Å². The van der Waals surface area contributed by atoms with E-state index in [1.807, 2.05) is 29.6 Å². The Morgan fingerprint density at radius 2 is 0.920 bits per heavy atom. The van der Waals surface area contributed by atoms with Crippen LogP contribution >= 0.6 is 15.9 Å². The maximum atomic E-state index is 12.4. The molecule has 0 bridgehead atoms. The number of alkyl carbamates (subject to hydrolysis) is 2. The first-order valence-corrected chi connectivity index (χ1v) is 16.3. The maximum Gasteiger partial charge on any atom is 1.00 e. The van der Waals surface area contributed by atoms with E-state index >= 15 is 0 Å². The first-order chi connectivity index (χ1) is 22.3. The van der Waals surface area contributed by atoms with Crippen molar-refractivity contribution in [3.63, 3.8) is 0 Å². The Bertz CT molecular complexity index is 1430. The summed E-state index contributed by atoms with van der Waals surface area (Å²) in [6.07, 6.45) is -3.16. The van der Waals surface area contributed by atoms with E-state index in [9.17, 15) is 19.2 Å². The molecule has 0 aliphatic rings. The second-order valence-corrected chi connectivity index (χ2v) is 14.9. The molecule has 0 aromatic heterocycles. The van der Waals surface area contributed by atoms with Gasteiger partial charge in [0, 0.05) is 5.33 Å². The molecule has 0 atom stereocenters. The molecular formula is C36H50BrN4NaO8. The SMILES string of the molecule is CC(C)(C)OC(=O)NC(=O)OC(C)(C)C.[C-]#[N+]c1ccc(CBr)cc1.[C-]#[N+]c1ccc(CN(C(=O)OC(C)(C)C)C(=O)OC(C)(C)C)cc1.[H-].[Na+]. The molecule has 0 saturated carbocycles. The van der Waals surface area contributed by atoms with Crippen molar-refractivity contribution in [1.29, 1.82) is 0 Å². The van der Waals surface area contributed by atoms with Gasteiger partial charge in [0.15, 0.2) is 11.4 Å². The van der Waals surface area contributed by atoms with E-state index in [0.29, 0.717) is 16.9 Å². The van der Waals surface area contributed by atoms with Crippen LogP contribution in [0.5, 0.6) is 0 Å². The molecule has 1 N–H and O–H groups in total. The molecule has 2 aromatic rings. The van der Waals surface area contributed by atoms with Gasteiger partial charge in [-0.05, 0) is 94.2 Å². The zero-order valence-corrected chi connectivity index (χ0v) is 35.1. The van der Waals surface area contributed by atoms with Crippen LogP contribution in [0.15, 0.2) is 48.5 Å². The zero-order chi connectivity index (χ0) is 38.2. The van der Waals surface area contributed by atoms with Crippen LogP contribution in [0.25, 0.3) is 9.69 Å². The van der Waals surface area contributed by atoms with Crippen molar-refractivity contribution in [2.45, 2.75) is 117 Å². The normalized spacial score (nSPS) is 10.8. The van der Waals surface area contributed by atoms with Crippen LogP contribution < -0.4 is 34.9 Å². The van der Waals surface area contributed by atoms with Gasteiger partial charge in [-0.25, -0.2) is 39.1 Å². The molecule has 270 valence electrons. The van der Waals surface area contributed by atoms with Gasteiger partial charge in [-0.1, -0.05) is 64.5 Å². The van der Waals surface area contributed by atoms with Gasteiger partial charge in [0.2, 0.25) is 0 Å². The van der Waals surface area contributed by atoms with Crippen molar-refractivity contribution in [2.24, 2.45) is 0 Å². The predicted octanol–water partition coefficient (Wildman–Crippen LogP) is 7.60. The Morgan fingerprint density at radius 1 is 0.620 bits per heavy atom. The minimum Gasteiger partial charge on any atom is -1.00 e. The molecule has 0 fully saturated rings. The summed E-state index contributed by atoms with van der Waals surface area (Å²) in [4.78, 5) is 54.5. The van der Waals surface area contributed by atoms with Crippen LogP contribution in [0.2, 0.25) is 0 Å². The van der Waals surface area contributed by atoms with Crippen LogP contribution in [-0.4, -0.2) is 51.7 Å². The van der Waals surface area contributed by atoms with E-state index in [2.05, 4.69) is 25.6 Å². The van der Waals surface area contributed by atoms with E-state index in [0.717, 1.165) is 10.2 Å². The average Bonchev–Trinajstić information content (AvgIpc) is 2.93. The Balaban J connectivity index is -0.000000730. The first kappa shape index (κ1) is 48.5. The number of carbonyl (C=O) groups is 4. The number of hydrogen-bond donors (Lipinski definition) is 1. The summed E-state index contributed by atoms with van der Waals surface area (Å²) in [6, 6.07) is 14.2. The van der Waals surface area contributed by atoms with Crippen molar-refractivity contribution in [3.8, 4) is 0 Å². The molecule has 2 aromatic carbocycles. The van der Waals surface area contributed by atoms with Crippen LogP contribution in [0.4, 0.5) is 30.6 Å². The van der Waals surface area contributed by atoms with Crippen molar-refractivity contribution in [1.82, 2.24) is 10.2 Å². The van der Waals surface area contributed by atoms with Gasteiger partial charge in [0.05, 0.1) is 19.7 Å². The van der Waals surface area contributed by atoms with E-state index in [-0.39, 0.29) is 37.5 Å². The number of halogens is 1. The van der Waals surface area contributed by atoms with Gasteiger partial charge in [-0.2, -0.15) is 0 Å². The van der Waals surface area contributed by atoms with E-state index in [4.69, 9.17) is 32.1 Å². The van der Waals surface area contributed by atoms with Gasteiger partial charge in [0.25, 0.3) is 0 Å². The number of rotatable bonds is 3. The van der Waals surface area contributed by atoms with Crippen LogP contribution in [0.1, 0.15) is 95.6 Å². The molecule has 0 saturated heterocycles. The third-order valence-electron chi connectivity index (χ3n) is 4.86. The van der Waals surface area contributed by atoms with Gasteiger partial charge in [-0.15, -0.1) is 0 Å². The molecule has 14 heteroatoms. The number of benzene rings is 2. The molecule has 0 unspecified atom stereocenters. The Hall–Kier alpha value is -3.62. The van der Waals surface area contributed by atoms with E-state index in [1.54, 1.807) is 107 Å². The number of ether oxygens (including phenoxy) is 4. The summed E-state index contributed by atoms with van der Waals surface area (Å²) in [6.45, 7) is 34.3. The number of nitrogens with zero attached hydrogens (tertiary/aromatic N) is 3. The fourth-order valence-corrected chi connectivity index (χ4v) is 3.42. The molecule has 50 heavy (non-hydrogen) atoms. The monoisotopic (exact) mass is 768 g/mol. The summed E-state index contributed by atoms with van der Waals surface area (Å²) in [7, 11) is 0. The maximum absolute atomic E-state index is 12.4. The largest absolute Gasteiger partial charge is 1.00 e. The van der Waals surface area contributed by atoms with Crippen LogP contribution in [-0.2, 0) is 30.8 Å². The number of carbonyl (C=O) groups excluding carboxylic acids is 4. The van der Waals surface area contributed by atoms with Gasteiger partial charge >= 0.3 is 53.9 Å². The van der Waals surface area contributed by atoms with Crippen molar-refractivity contribution in [2.75, 3.05) is 0 Å². The average molecular weight is 770 g/mol. The molecule has 0 spiro atoms. The molecule has 4 amide bonds. The summed E-state index contributed by atoms with van der Waals surface area (Å²) < 4.78 is 20.3. The minimum absolute atomic E-state index is 0. The number of hydrogen-bond acceptors (Lipinski definition) is 8. The predicted molar refractivity (Wildman–Crippen MR) is 193 cm³/mol. The molecule has 12 nitrogen and oxygen atoms in total. The summed E-state index contributed by atoms with van der Waals surface area (Å²) in [5, 5.41) is 2.82. The van der Waals surface area contributed by atoms with E-state index in [1.165, 1.54) is 5.56 Å². The Labute approximate surface area is 329 Å².